The molecule has 0 aromatic rings. The zero-order valence-electron chi connectivity index (χ0n) is 24.9. The number of nitrogens with two attached hydrogens (primary N) is 1. The van der Waals surface area contributed by atoms with Gasteiger partial charge in [-0.05, 0) is 19.3 Å². The largest absolute Gasteiger partial charge is 1.00 e. The van der Waals surface area contributed by atoms with Crippen LogP contribution in [0, 0.1) is 17.8 Å². The molecule has 4 amide bonds. The minimum Gasteiger partial charge on any atom is -0.693 e. The van der Waals surface area contributed by atoms with E-state index in [2.05, 4.69) is 42.5 Å². The maximum Gasteiger partial charge on any atom is 1.00 e. The van der Waals surface area contributed by atoms with E-state index in [9.17, 15) is 19.2 Å². The van der Waals surface area contributed by atoms with Crippen LogP contribution in [0.3, 0.4) is 0 Å². The van der Waals surface area contributed by atoms with Crippen molar-refractivity contribution in [3.8, 4) is 0 Å². The quantitative estimate of drug-likeness (QED) is 0.193. The fraction of sp³-hybridized carbons (Fsp3) is 0.714. The first-order valence-electron chi connectivity index (χ1n) is 14.6. The van der Waals surface area contributed by atoms with Crippen molar-refractivity contribution in [1.29, 1.82) is 0 Å². The van der Waals surface area contributed by atoms with Crippen LogP contribution >= 0.6 is 0 Å². The summed E-state index contributed by atoms with van der Waals surface area (Å²) in [6, 6.07) is 0. The first-order chi connectivity index (χ1) is 19.5. The first kappa shape index (κ1) is 45.3. The average molecular weight is 896 g/mol. The summed E-state index contributed by atoms with van der Waals surface area (Å²) in [4.78, 5) is 47.2. The summed E-state index contributed by atoms with van der Waals surface area (Å²) >= 11 is 0. The second kappa shape index (κ2) is 27.3. The molecule has 3 fully saturated rings. The van der Waals surface area contributed by atoms with Gasteiger partial charge in [0, 0.05) is 49.5 Å². The maximum atomic E-state index is 11.8. The second-order valence-electron chi connectivity index (χ2n) is 10.4. The standard InChI is InChI=1S/C14H24N4O2.C14H21N4O2.3Ag.H2N/c2*19-13(11-3-1-5-15-9-11)17-7-8-18-14(20)12-4-2-6-16-10-12;;;;/h11-12H,1-10H2,(H,17,19)(H,18,20);1,3,9,12H,2,4-8,10H2,(H3,15,17,18,19,20);;;;1H2/q-2;-1;3*+1;-1/p-1. The van der Waals surface area contributed by atoms with Gasteiger partial charge in [-0.25, -0.2) is 0 Å². The second-order valence-corrected chi connectivity index (χ2v) is 10.4. The van der Waals surface area contributed by atoms with Crippen molar-refractivity contribution >= 4 is 23.6 Å². The molecule has 4 rings (SSSR count). The van der Waals surface area contributed by atoms with E-state index in [-0.39, 0.29) is 115 Å². The van der Waals surface area contributed by atoms with E-state index in [1.165, 1.54) is 0 Å². The van der Waals surface area contributed by atoms with Crippen molar-refractivity contribution in [1.82, 2.24) is 21.3 Å². The summed E-state index contributed by atoms with van der Waals surface area (Å²) in [5.41, 5.74) is 0.550. The number of hydrogen-bond donors (Lipinski definition) is 4. The molecular formula is C28H46Ag3N9O4-2. The molecule has 0 aromatic carbocycles. The molecule has 3 saturated heterocycles. The predicted molar refractivity (Wildman–Crippen MR) is 160 cm³/mol. The fourth-order valence-electron chi connectivity index (χ4n) is 4.84. The minimum absolute atomic E-state index is 0. The van der Waals surface area contributed by atoms with Gasteiger partial charge < -0.3 is 48.7 Å². The van der Waals surface area contributed by atoms with Crippen molar-refractivity contribution in [3.05, 3.63) is 51.3 Å². The van der Waals surface area contributed by atoms with Gasteiger partial charge in [-0.1, -0.05) is 25.3 Å². The first-order valence-corrected chi connectivity index (χ1v) is 14.6. The van der Waals surface area contributed by atoms with Crippen molar-refractivity contribution in [2.45, 2.75) is 38.5 Å². The summed E-state index contributed by atoms with van der Waals surface area (Å²) in [6.07, 6.45) is 10.9. The van der Waals surface area contributed by atoms with Crippen LogP contribution in [0.15, 0.2) is 23.9 Å². The van der Waals surface area contributed by atoms with Gasteiger partial charge in [0.15, 0.2) is 0 Å². The van der Waals surface area contributed by atoms with E-state index < -0.39 is 0 Å². The Balaban J connectivity index is 0. The van der Waals surface area contributed by atoms with E-state index in [0.717, 1.165) is 58.2 Å². The van der Waals surface area contributed by atoms with E-state index in [4.69, 9.17) is 0 Å². The minimum atomic E-state index is -0.161. The number of rotatable bonds is 10. The molecule has 4 aliphatic heterocycles. The molecule has 0 saturated carbocycles. The summed E-state index contributed by atoms with van der Waals surface area (Å²) in [6.45, 7) is 7.00. The van der Waals surface area contributed by atoms with Crippen LogP contribution in [-0.2, 0) is 86.3 Å². The number of carbonyl (C=O) groups is 4. The molecule has 44 heavy (non-hydrogen) atoms. The van der Waals surface area contributed by atoms with E-state index in [0.29, 0.717) is 57.9 Å². The zero-order valence-corrected chi connectivity index (χ0v) is 29.3. The van der Waals surface area contributed by atoms with Gasteiger partial charge in [0.1, 0.15) is 0 Å². The predicted octanol–water partition coefficient (Wildman–Crippen LogP) is 2.33. The van der Waals surface area contributed by atoms with Gasteiger partial charge in [-0.15, -0.1) is 51.9 Å². The Bertz CT molecular complexity index is 862. The van der Waals surface area contributed by atoms with Crippen LogP contribution < -0.4 is 21.3 Å². The molecule has 4 aliphatic rings. The van der Waals surface area contributed by atoms with Gasteiger partial charge in [-0.2, -0.15) is 6.20 Å². The topological polar surface area (TPSA) is 206 Å². The summed E-state index contributed by atoms with van der Waals surface area (Å²) in [5, 5.41) is 28.1. The van der Waals surface area contributed by atoms with Crippen LogP contribution in [0.1, 0.15) is 38.5 Å². The SMILES string of the molecule is O=C(NCCNC(=O)C1CCC[N-]C1)C1=C[N-]CC=C1.O=C(NCCNC(=O)C1CCC[N-]C1)C1CCC[N-]C1.[Ag+].[Ag+].[Ag+].[NH2-]. The summed E-state index contributed by atoms with van der Waals surface area (Å²) < 4.78 is 0. The molecule has 0 radical (unpaired) electrons. The molecule has 0 spiro atoms. The third-order valence-electron chi connectivity index (χ3n) is 7.20. The molecule has 0 aliphatic carbocycles. The Kier molecular flexibility index (Phi) is 28.2. The van der Waals surface area contributed by atoms with Crippen molar-refractivity contribution in [3.63, 3.8) is 0 Å². The maximum absolute atomic E-state index is 11.8. The summed E-state index contributed by atoms with van der Waals surface area (Å²) in [5.74, 6) is 0.0576. The van der Waals surface area contributed by atoms with Crippen LogP contribution in [-0.4, -0.2) is 95.6 Å². The molecule has 4 heterocycles. The Labute approximate surface area is 308 Å². The van der Waals surface area contributed by atoms with Crippen LogP contribution in [0.25, 0.3) is 27.4 Å². The number of piperidine rings is 3. The number of nitrogens with one attached hydrogen (secondary N) is 4. The van der Waals surface area contributed by atoms with Gasteiger partial charge >= 0.3 is 67.1 Å². The Morgan fingerprint density at radius 1 is 0.636 bits per heavy atom. The molecule has 13 nitrogen and oxygen atoms in total. The van der Waals surface area contributed by atoms with Gasteiger partial charge in [-0.3, -0.25) is 19.2 Å². The molecular weight excluding hydrogens is 850 g/mol. The van der Waals surface area contributed by atoms with E-state index in [1.54, 1.807) is 12.3 Å². The van der Waals surface area contributed by atoms with Gasteiger partial charge in [0.25, 0.3) is 0 Å². The van der Waals surface area contributed by atoms with Crippen LogP contribution in [0.5, 0.6) is 0 Å². The molecule has 16 heteroatoms. The Hall–Kier alpha value is -0.779. The van der Waals surface area contributed by atoms with Gasteiger partial charge in [0.05, 0.1) is 0 Å². The number of hydrogen-bond acceptors (Lipinski definition) is 4. The summed E-state index contributed by atoms with van der Waals surface area (Å²) in [7, 11) is 0. The molecule has 3 unspecified atom stereocenters. The van der Waals surface area contributed by atoms with Crippen LogP contribution in [0.4, 0.5) is 0 Å². The van der Waals surface area contributed by atoms with Crippen molar-refractivity contribution in [2.24, 2.45) is 17.8 Å². The molecule has 0 bridgehead atoms. The van der Waals surface area contributed by atoms with Gasteiger partial charge in [0.2, 0.25) is 23.6 Å². The van der Waals surface area contributed by atoms with E-state index in [1.807, 2.05) is 6.08 Å². The van der Waals surface area contributed by atoms with E-state index >= 15 is 0 Å². The zero-order chi connectivity index (χ0) is 28.4. The normalized spacial score (nSPS) is 22.0. The number of nitrogens with zero attached hydrogens (tertiary/aromatic N) is 4. The Morgan fingerprint density at radius 3 is 1.34 bits per heavy atom. The molecule has 6 N–H and O–H groups in total. The monoisotopic (exact) mass is 893 g/mol. The fourth-order valence-corrected chi connectivity index (χ4v) is 4.84. The number of carbonyl (C=O) groups excluding carboxylic acids is 4. The molecule has 0 aromatic heterocycles. The molecule has 3 atom stereocenters. The third-order valence-corrected chi connectivity index (χ3v) is 7.20. The average Bonchev–Trinajstić information content (AvgIpc) is 3.03. The number of amides is 4. The Morgan fingerprint density at radius 2 is 1.02 bits per heavy atom. The molecule has 262 valence electrons. The third kappa shape index (κ3) is 17.8. The smallest absolute Gasteiger partial charge is 0.693 e. The van der Waals surface area contributed by atoms with Crippen LogP contribution in [0.2, 0.25) is 0 Å². The van der Waals surface area contributed by atoms with Crippen molar-refractivity contribution < 1.29 is 86.3 Å². The van der Waals surface area contributed by atoms with Crippen molar-refractivity contribution in [2.75, 3.05) is 72.0 Å².